The van der Waals surface area contributed by atoms with Crippen LogP contribution in [0.4, 0.5) is 0 Å². The fourth-order valence-corrected chi connectivity index (χ4v) is 2.60. The zero-order chi connectivity index (χ0) is 14.8. The molecule has 0 aromatic rings. The van der Waals surface area contributed by atoms with Crippen LogP contribution in [-0.2, 0) is 4.79 Å². The van der Waals surface area contributed by atoms with Crippen molar-refractivity contribution < 1.29 is 4.79 Å². The van der Waals surface area contributed by atoms with E-state index < -0.39 is 0 Å². The van der Waals surface area contributed by atoms with Gasteiger partial charge in [-0.05, 0) is 32.5 Å². The maximum atomic E-state index is 11.6. The van der Waals surface area contributed by atoms with Gasteiger partial charge in [-0.2, -0.15) is 0 Å². The molecule has 0 saturated carbocycles. The fraction of sp³-hybridized carbons (Fsp3) is 0.933. The molecule has 20 heavy (non-hydrogen) atoms. The van der Waals surface area contributed by atoms with Crippen molar-refractivity contribution in [1.82, 2.24) is 20.4 Å². The molecule has 1 amide bonds. The predicted molar refractivity (Wildman–Crippen MR) is 83.9 cm³/mol. The summed E-state index contributed by atoms with van der Waals surface area (Å²) in [5, 5.41) is 6.11. The van der Waals surface area contributed by atoms with E-state index in [4.69, 9.17) is 0 Å². The second-order valence-corrected chi connectivity index (χ2v) is 5.85. The number of hydrogen-bond acceptors (Lipinski definition) is 4. The van der Waals surface area contributed by atoms with Gasteiger partial charge in [0.1, 0.15) is 0 Å². The first-order valence-corrected chi connectivity index (χ1v) is 8.01. The van der Waals surface area contributed by atoms with Crippen molar-refractivity contribution in [2.24, 2.45) is 5.92 Å². The van der Waals surface area contributed by atoms with Crippen LogP contribution < -0.4 is 10.6 Å². The molecule has 0 spiro atoms. The normalized spacial score (nSPS) is 18.9. The highest BCUT2D eigenvalue weighted by Gasteiger charge is 2.17. The molecule has 0 aromatic carbocycles. The van der Waals surface area contributed by atoms with E-state index in [1.807, 2.05) is 7.05 Å². The summed E-state index contributed by atoms with van der Waals surface area (Å²) in [5.74, 6) is 0.708. The number of rotatable bonds is 9. The zero-order valence-corrected chi connectivity index (χ0v) is 13.5. The first kappa shape index (κ1) is 17.4. The van der Waals surface area contributed by atoms with E-state index in [0.29, 0.717) is 12.3 Å². The van der Waals surface area contributed by atoms with Crippen molar-refractivity contribution in [3.05, 3.63) is 0 Å². The standard InChI is InChI=1S/C15H32N4O/c1-4-18-8-10-19(11-9-18)13-14(2)12-17-15(20)6-5-7-16-3/h14,16H,4-13H2,1-3H3,(H,17,20). The van der Waals surface area contributed by atoms with Crippen LogP contribution in [0.2, 0.25) is 0 Å². The average molecular weight is 284 g/mol. The van der Waals surface area contributed by atoms with Crippen LogP contribution in [0.3, 0.4) is 0 Å². The number of carbonyl (C=O) groups excluding carboxylic acids is 1. The molecule has 1 aliphatic heterocycles. The lowest BCUT2D eigenvalue weighted by atomic mass is 10.1. The number of nitrogens with one attached hydrogen (secondary N) is 2. The van der Waals surface area contributed by atoms with Gasteiger partial charge in [0.25, 0.3) is 0 Å². The van der Waals surface area contributed by atoms with Crippen LogP contribution in [0.25, 0.3) is 0 Å². The number of hydrogen-bond donors (Lipinski definition) is 2. The van der Waals surface area contributed by atoms with Crippen molar-refractivity contribution in [3.8, 4) is 0 Å². The van der Waals surface area contributed by atoms with Gasteiger partial charge < -0.3 is 20.4 Å². The molecule has 0 radical (unpaired) electrons. The van der Waals surface area contributed by atoms with Crippen molar-refractivity contribution in [3.63, 3.8) is 0 Å². The predicted octanol–water partition coefficient (Wildman–Crippen LogP) is 0.376. The van der Waals surface area contributed by atoms with Gasteiger partial charge in [0.2, 0.25) is 5.91 Å². The Balaban J connectivity index is 2.08. The minimum atomic E-state index is 0.183. The van der Waals surface area contributed by atoms with E-state index in [0.717, 1.165) is 45.7 Å². The molecular weight excluding hydrogens is 252 g/mol. The van der Waals surface area contributed by atoms with Crippen LogP contribution >= 0.6 is 0 Å². The number of amides is 1. The quantitative estimate of drug-likeness (QED) is 0.601. The first-order valence-electron chi connectivity index (χ1n) is 8.01. The lowest BCUT2D eigenvalue weighted by Crippen LogP contribution is -2.48. The molecule has 5 heteroatoms. The number of piperazine rings is 1. The van der Waals surface area contributed by atoms with Gasteiger partial charge in [-0.3, -0.25) is 4.79 Å². The van der Waals surface area contributed by atoms with E-state index >= 15 is 0 Å². The highest BCUT2D eigenvalue weighted by molar-refractivity contribution is 5.75. The molecule has 1 aliphatic rings. The van der Waals surface area contributed by atoms with Crippen LogP contribution in [0.5, 0.6) is 0 Å². The van der Waals surface area contributed by atoms with E-state index in [9.17, 15) is 4.79 Å². The van der Waals surface area contributed by atoms with Gasteiger partial charge in [-0.1, -0.05) is 13.8 Å². The lowest BCUT2D eigenvalue weighted by Gasteiger charge is -2.35. The molecule has 0 bridgehead atoms. The molecule has 1 heterocycles. The molecule has 1 rings (SSSR count). The lowest BCUT2D eigenvalue weighted by molar-refractivity contribution is -0.121. The van der Waals surface area contributed by atoms with Crippen LogP contribution in [0.15, 0.2) is 0 Å². The molecule has 0 aliphatic carbocycles. The third kappa shape index (κ3) is 7.22. The van der Waals surface area contributed by atoms with Gasteiger partial charge in [-0.15, -0.1) is 0 Å². The Hall–Kier alpha value is -0.650. The van der Waals surface area contributed by atoms with Crippen molar-refractivity contribution in [2.75, 3.05) is 59.4 Å². The van der Waals surface area contributed by atoms with Crippen molar-refractivity contribution in [1.29, 1.82) is 0 Å². The zero-order valence-electron chi connectivity index (χ0n) is 13.5. The maximum Gasteiger partial charge on any atom is 0.220 e. The average Bonchev–Trinajstić information content (AvgIpc) is 2.46. The molecule has 0 aromatic heterocycles. The Bertz CT molecular complexity index is 265. The molecule has 5 nitrogen and oxygen atoms in total. The summed E-state index contributed by atoms with van der Waals surface area (Å²) in [5.41, 5.74) is 0. The van der Waals surface area contributed by atoms with Crippen LogP contribution in [0, 0.1) is 5.92 Å². The van der Waals surface area contributed by atoms with E-state index in [1.54, 1.807) is 0 Å². The largest absolute Gasteiger partial charge is 0.356 e. The summed E-state index contributed by atoms with van der Waals surface area (Å²) >= 11 is 0. The minimum absolute atomic E-state index is 0.183. The molecule has 1 saturated heterocycles. The summed E-state index contributed by atoms with van der Waals surface area (Å²) in [6.45, 7) is 13.1. The van der Waals surface area contributed by atoms with Gasteiger partial charge in [0.05, 0.1) is 0 Å². The van der Waals surface area contributed by atoms with Gasteiger partial charge >= 0.3 is 0 Å². The number of likely N-dealkylation sites (N-methyl/N-ethyl adjacent to an activating group) is 1. The third-order valence-electron chi connectivity index (χ3n) is 3.96. The highest BCUT2D eigenvalue weighted by atomic mass is 16.1. The van der Waals surface area contributed by atoms with Crippen molar-refractivity contribution in [2.45, 2.75) is 26.7 Å². The summed E-state index contributed by atoms with van der Waals surface area (Å²) in [4.78, 5) is 16.6. The molecule has 118 valence electrons. The van der Waals surface area contributed by atoms with Crippen molar-refractivity contribution >= 4 is 5.91 Å². The molecule has 2 N–H and O–H groups in total. The Morgan fingerprint density at radius 2 is 1.85 bits per heavy atom. The third-order valence-corrected chi connectivity index (χ3v) is 3.96. The Morgan fingerprint density at radius 1 is 1.20 bits per heavy atom. The Morgan fingerprint density at radius 3 is 2.45 bits per heavy atom. The van der Waals surface area contributed by atoms with Gasteiger partial charge in [0, 0.05) is 45.7 Å². The molecule has 1 unspecified atom stereocenters. The van der Waals surface area contributed by atoms with E-state index in [2.05, 4.69) is 34.3 Å². The summed E-state index contributed by atoms with van der Waals surface area (Å²) in [7, 11) is 1.91. The second-order valence-electron chi connectivity index (χ2n) is 5.85. The highest BCUT2D eigenvalue weighted by Crippen LogP contribution is 2.05. The number of carbonyl (C=O) groups is 1. The monoisotopic (exact) mass is 284 g/mol. The Labute approximate surface area is 124 Å². The number of nitrogens with zero attached hydrogens (tertiary/aromatic N) is 2. The first-order chi connectivity index (χ1) is 9.65. The van der Waals surface area contributed by atoms with E-state index in [-0.39, 0.29) is 5.91 Å². The van der Waals surface area contributed by atoms with Crippen LogP contribution in [0.1, 0.15) is 26.7 Å². The Kier molecular flexibility index (Phi) is 8.82. The SMILES string of the molecule is CCN1CCN(CC(C)CNC(=O)CCCNC)CC1. The van der Waals surface area contributed by atoms with Gasteiger partial charge in [0.15, 0.2) is 0 Å². The summed E-state index contributed by atoms with van der Waals surface area (Å²) in [6, 6.07) is 0. The molecule has 1 atom stereocenters. The van der Waals surface area contributed by atoms with Crippen LogP contribution in [-0.4, -0.2) is 75.1 Å². The van der Waals surface area contributed by atoms with Gasteiger partial charge in [-0.25, -0.2) is 0 Å². The summed E-state index contributed by atoms with van der Waals surface area (Å²) < 4.78 is 0. The summed E-state index contributed by atoms with van der Waals surface area (Å²) in [6.07, 6.45) is 1.54. The molecule has 1 fully saturated rings. The van der Waals surface area contributed by atoms with E-state index in [1.165, 1.54) is 13.1 Å². The fourth-order valence-electron chi connectivity index (χ4n) is 2.60. The second kappa shape index (κ2) is 10.1. The topological polar surface area (TPSA) is 47.6 Å². The molecular formula is C15H32N4O. The smallest absolute Gasteiger partial charge is 0.220 e. The minimum Gasteiger partial charge on any atom is -0.356 e. The maximum absolute atomic E-state index is 11.6.